The lowest BCUT2D eigenvalue weighted by Crippen LogP contribution is -2.01. The highest BCUT2D eigenvalue weighted by molar-refractivity contribution is 5.60. The Hall–Kier alpha value is -1.97. The molecule has 1 aromatic carbocycles. The second-order valence-corrected chi connectivity index (χ2v) is 4.26. The monoisotopic (exact) mass is 231 g/mol. The molecule has 1 heterocycles. The molecule has 0 aliphatic carbocycles. The van der Waals surface area contributed by atoms with Crippen LogP contribution < -0.4 is 10.5 Å². The summed E-state index contributed by atoms with van der Waals surface area (Å²) in [6.45, 7) is 4.23. The molecule has 0 radical (unpaired) electrons. The molecule has 90 valence electrons. The number of hydrogen-bond acceptors (Lipinski definition) is 3. The van der Waals surface area contributed by atoms with Crippen molar-refractivity contribution in [2.45, 2.75) is 19.8 Å². The van der Waals surface area contributed by atoms with Gasteiger partial charge in [-0.25, -0.2) is 4.68 Å². The maximum Gasteiger partial charge on any atom is 0.121 e. The average Bonchev–Trinajstić information content (AvgIpc) is 2.78. The van der Waals surface area contributed by atoms with Crippen LogP contribution in [0.15, 0.2) is 30.5 Å². The van der Waals surface area contributed by atoms with E-state index in [0.717, 1.165) is 17.1 Å². The van der Waals surface area contributed by atoms with Crippen LogP contribution in [0.5, 0.6) is 5.75 Å². The molecule has 0 saturated heterocycles. The van der Waals surface area contributed by atoms with Crippen LogP contribution >= 0.6 is 0 Å². The zero-order valence-corrected chi connectivity index (χ0v) is 10.3. The van der Waals surface area contributed by atoms with Gasteiger partial charge >= 0.3 is 0 Å². The summed E-state index contributed by atoms with van der Waals surface area (Å²) in [6.07, 6.45) is 1.92. The fourth-order valence-electron chi connectivity index (χ4n) is 1.65. The van der Waals surface area contributed by atoms with E-state index in [1.54, 1.807) is 17.9 Å². The first kappa shape index (κ1) is 11.5. The number of anilines is 1. The Balaban J connectivity index is 2.38. The van der Waals surface area contributed by atoms with E-state index in [0.29, 0.717) is 11.6 Å². The Bertz CT molecular complexity index is 517. The van der Waals surface area contributed by atoms with E-state index in [-0.39, 0.29) is 0 Å². The molecule has 2 rings (SSSR count). The molecule has 0 saturated carbocycles. The molecule has 4 nitrogen and oxygen atoms in total. The summed E-state index contributed by atoms with van der Waals surface area (Å²) < 4.78 is 6.92. The lowest BCUT2D eigenvalue weighted by molar-refractivity contribution is 0.415. The summed E-state index contributed by atoms with van der Waals surface area (Å²) in [5.41, 5.74) is 8.56. The van der Waals surface area contributed by atoms with Crippen molar-refractivity contribution in [3.05, 3.63) is 36.2 Å². The lowest BCUT2D eigenvalue weighted by atomic mass is 10.1. The molecule has 17 heavy (non-hydrogen) atoms. The number of aromatic nitrogens is 2. The fraction of sp³-hybridized carbons (Fsp3) is 0.308. The minimum Gasteiger partial charge on any atom is -0.497 e. The first-order chi connectivity index (χ1) is 8.11. The topological polar surface area (TPSA) is 53.1 Å². The molecule has 0 bridgehead atoms. The number of methoxy groups -OCH3 is 1. The molecule has 2 aromatic rings. The molecule has 0 amide bonds. The van der Waals surface area contributed by atoms with Crippen molar-refractivity contribution in [3.8, 4) is 11.4 Å². The van der Waals surface area contributed by atoms with Gasteiger partial charge in [0.25, 0.3) is 0 Å². The normalized spacial score (nSPS) is 10.8. The second kappa shape index (κ2) is 4.49. The van der Waals surface area contributed by atoms with Crippen molar-refractivity contribution in [1.29, 1.82) is 0 Å². The third kappa shape index (κ3) is 2.25. The molecule has 0 fully saturated rings. The first-order valence-corrected chi connectivity index (χ1v) is 5.61. The van der Waals surface area contributed by atoms with Gasteiger partial charge in [0, 0.05) is 12.3 Å². The molecule has 0 unspecified atom stereocenters. The largest absolute Gasteiger partial charge is 0.497 e. The highest BCUT2D eigenvalue weighted by Gasteiger charge is 2.07. The van der Waals surface area contributed by atoms with Gasteiger partial charge in [-0.3, -0.25) is 0 Å². The zero-order chi connectivity index (χ0) is 12.4. The minimum atomic E-state index is 0.413. The predicted octanol–water partition coefficient (Wildman–Crippen LogP) is 2.59. The smallest absolute Gasteiger partial charge is 0.121 e. The number of nitrogen functional groups attached to an aromatic ring is 1. The van der Waals surface area contributed by atoms with E-state index in [2.05, 4.69) is 18.9 Å². The summed E-state index contributed by atoms with van der Waals surface area (Å²) >= 11 is 0. The second-order valence-electron chi connectivity index (χ2n) is 4.26. The van der Waals surface area contributed by atoms with Crippen molar-refractivity contribution in [3.63, 3.8) is 0 Å². The quantitative estimate of drug-likeness (QED) is 0.826. The van der Waals surface area contributed by atoms with Gasteiger partial charge < -0.3 is 10.5 Å². The molecule has 1 aromatic heterocycles. The highest BCUT2D eigenvalue weighted by Crippen LogP contribution is 2.23. The van der Waals surface area contributed by atoms with Gasteiger partial charge in [-0.1, -0.05) is 13.8 Å². The third-order valence-corrected chi connectivity index (χ3v) is 2.68. The number of nitrogens with zero attached hydrogens (tertiary/aromatic N) is 2. The number of ether oxygens (including phenoxy) is 1. The van der Waals surface area contributed by atoms with Crippen LogP contribution in [0, 0.1) is 0 Å². The van der Waals surface area contributed by atoms with Crippen molar-refractivity contribution in [1.82, 2.24) is 9.78 Å². The zero-order valence-electron chi connectivity index (χ0n) is 10.3. The van der Waals surface area contributed by atoms with Crippen LogP contribution in [-0.2, 0) is 0 Å². The summed E-state index contributed by atoms with van der Waals surface area (Å²) in [4.78, 5) is 0. The predicted molar refractivity (Wildman–Crippen MR) is 68.6 cm³/mol. The van der Waals surface area contributed by atoms with Crippen molar-refractivity contribution >= 4 is 5.69 Å². The van der Waals surface area contributed by atoms with E-state index in [9.17, 15) is 0 Å². The van der Waals surface area contributed by atoms with E-state index in [1.165, 1.54) is 0 Å². The van der Waals surface area contributed by atoms with Gasteiger partial charge in [0.15, 0.2) is 0 Å². The van der Waals surface area contributed by atoms with E-state index in [1.807, 2.05) is 24.4 Å². The summed E-state index contributed by atoms with van der Waals surface area (Å²) in [5.74, 6) is 1.17. The van der Waals surface area contributed by atoms with E-state index >= 15 is 0 Å². The number of rotatable bonds is 3. The lowest BCUT2D eigenvalue weighted by Gasteiger charge is -2.08. The number of nitrogens with two attached hydrogens (primary N) is 1. The van der Waals surface area contributed by atoms with Crippen molar-refractivity contribution < 1.29 is 4.74 Å². The Morgan fingerprint density at radius 2 is 2.06 bits per heavy atom. The van der Waals surface area contributed by atoms with Crippen LogP contribution in [-0.4, -0.2) is 16.9 Å². The van der Waals surface area contributed by atoms with Gasteiger partial charge in [0.2, 0.25) is 0 Å². The summed E-state index contributed by atoms with van der Waals surface area (Å²) in [6, 6.07) is 7.59. The Morgan fingerprint density at radius 3 is 2.59 bits per heavy atom. The van der Waals surface area contributed by atoms with Crippen LogP contribution in [0.3, 0.4) is 0 Å². The molecule has 0 aliphatic rings. The highest BCUT2D eigenvalue weighted by atomic mass is 16.5. The Kier molecular flexibility index (Phi) is 3.04. The van der Waals surface area contributed by atoms with Gasteiger partial charge in [0.1, 0.15) is 5.75 Å². The molecule has 2 N–H and O–H groups in total. The maximum atomic E-state index is 5.97. The maximum absolute atomic E-state index is 5.97. The first-order valence-electron chi connectivity index (χ1n) is 5.61. The van der Waals surface area contributed by atoms with Crippen LogP contribution in [0.2, 0.25) is 0 Å². The molecule has 0 atom stereocenters. The van der Waals surface area contributed by atoms with Crippen LogP contribution in [0.1, 0.15) is 25.5 Å². The summed E-state index contributed by atoms with van der Waals surface area (Å²) in [5, 5.41) is 4.49. The standard InChI is InChI=1S/C13H17N3O/c1-9(2)12-6-7-16(15-12)13-5-4-10(17-3)8-11(13)14/h4-9H,14H2,1-3H3. The summed E-state index contributed by atoms with van der Waals surface area (Å²) in [7, 11) is 1.62. The molecule has 0 aliphatic heterocycles. The van der Waals surface area contributed by atoms with Gasteiger partial charge in [-0.05, 0) is 24.1 Å². The molecular formula is C13H17N3O. The number of benzene rings is 1. The van der Waals surface area contributed by atoms with Gasteiger partial charge in [0.05, 0.1) is 24.2 Å². The molecule has 0 spiro atoms. The molecular weight excluding hydrogens is 214 g/mol. The van der Waals surface area contributed by atoms with Crippen LogP contribution in [0.25, 0.3) is 5.69 Å². The van der Waals surface area contributed by atoms with E-state index in [4.69, 9.17) is 10.5 Å². The van der Waals surface area contributed by atoms with Crippen molar-refractivity contribution in [2.75, 3.05) is 12.8 Å². The third-order valence-electron chi connectivity index (χ3n) is 2.68. The minimum absolute atomic E-state index is 0.413. The fourth-order valence-corrected chi connectivity index (χ4v) is 1.65. The number of hydrogen-bond donors (Lipinski definition) is 1. The van der Waals surface area contributed by atoms with E-state index < -0.39 is 0 Å². The van der Waals surface area contributed by atoms with Crippen molar-refractivity contribution in [2.24, 2.45) is 0 Å². The Morgan fingerprint density at radius 1 is 1.29 bits per heavy atom. The van der Waals surface area contributed by atoms with Gasteiger partial charge in [-0.15, -0.1) is 0 Å². The van der Waals surface area contributed by atoms with Gasteiger partial charge in [-0.2, -0.15) is 5.10 Å². The average molecular weight is 231 g/mol. The molecule has 4 heteroatoms. The van der Waals surface area contributed by atoms with Crippen LogP contribution in [0.4, 0.5) is 5.69 Å². The SMILES string of the molecule is COc1ccc(-n2ccc(C(C)C)n2)c(N)c1. The Labute approximate surface area is 101 Å².